The predicted octanol–water partition coefficient (Wildman–Crippen LogP) is 2.20. The van der Waals surface area contributed by atoms with Crippen molar-refractivity contribution in [2.75, 3.05) is 11.1 Å². The number of nitrogens with one attached hydrogen (secondary N) is 1. The van der Waals surface area contributed by atoms with Crippen molar-refractivity contribution in [1.29, 1.82) is 0 Å². The number of rotatable bonds is 5. The summed E-state index contributed by atoms with van der Waals surface area (Å²) in [5.74, 6) is -0.314. The molecule has 0 saturated heterocycles. The molecule has 0 radical (unpaired) electrons. The first-order valence-electron chi connectivity index (χ1n) is 6.48. The number of nitrogens with zero attached hydrogens (tertiary/aromatic N) is 5. The summed E-state index contributed by atoms with van der Waals surface area (Å²) in [6.07, 6.45) is 0. The van der Waals surface area contributed by atoms with E-state index in [1.807, 2.05) is 5.38 Å². The highest BCUT2D eigenvalue weighted by Crippen LogP contribution is 2.25. The Hall–Kier alpha value is -2.33. The van der Waals surface area contributed by atoms with Crippen LogP contribution in [0, 0.1) is 5.82 Å². The van der Waals surface area contributed by atoms with Crippen molar-refractivity contribution in [3.63, 3.8) is 0 Å². The van der Waals surface area contributed by atoms with E-state index >= 15 is 0 Å². The van der Waals surface area contributed by atoms with Crippen LogP contribution in [-0.2, 0) is 11.8 Å². The molecule has 0 aliphatic rings. The second-order valence-corrected chi connectivity index (χ2v) is 6.27. The molecule has 23 heavy (non-hydrogen) atoms. The summed E-state index contributed by atoms with van der Waals surface area (Å²) >= 11 is 2.55. The molecule has 0 saturated carbocycles. The summed E-state index contributed by atoms with van der Waals surface area (Å²) in [6.45, 7) is 0. The Kier molecular flexibility index (Phi) is 4.63. The summed E-state index contributed by atoms with van der Waals surface area (Å²) < 4.78 is 14.4. The Morgan fingerprint density at radius 3 is 2.87 bits per heavy atom. The molecule has 0 fully saturated rings. The minimum absolute atomic E-state index is 0.180. The molecule has 2 heterocycles. The first-order valence-corrected chi connectivity index (χ1v) is 8.35. The van der Waals surface area contributed by atoms with Gasteiger partial charge in [-0.15, -0.1) is 16.4 Å². The van der Waals surface area contributed by atoms with Gasteiger partial charge in [-0.3, -0.25) is 4.79 Å². The first-order chi connectivity index (χ1) is 11.1. The maximum atomic E-state index is 12.9. The van der Waals surface area contributed by atoms with Crippen LogP contribution in [0.3, 0.4) is 0 Å². The Labute approximate surface area is 138 Å². The molecule has 0 atom stereocenters. The number of anilines is 1. The van der Waals surface area contributed by atoms with Gasteiger partial charge in [-0.25, -0.2) is 14.1 Å². The van der Waals surface area contributed by atoms with E-state index in [4.69, 9.17) is 0 Å². The maximum absolute atomic E-state index is 12.9. The minimum atomic E-state index is -0.298. The molecule has 7 nitrogen and oxygen atoms in total. The molecule has 3 rings (SSSR count). The van der Waals surface area contributed by atoms with Gasteiger partial charge in [-0.2, -0.15) is 0 Å². The molecule has 1 N–H and O–H groups in total. The fourth-order valence-corrected chi connectivity index (χ4v) is 3.10. The Morgan fingerprint density at radius 1 is 1.39 bits per heavy atom. The standard InChI is InChI=1S/C13H11FN6OS2/c1-20-13(17-18-19-20)23-7-11(21)16-12-15-10(6-22-12)8-2-4-9(14)5-3-8/h2-6H,7H2,1H3,(H,15,16,21). The van der Waals surface area contributed by atoms with E-state index < -0.39 is 0 Å². The van der Waals surface area contributed by atoms with Crippen molar-refractivity contribution in [1.82, 2.24) is 25.2 Å². The number of amides is 1. The van der Waals surface area contributed by atoms with Gasteiger partial charge in [-0.1, -0.05) is 11.8 Å². The van der Waals surface area contributed by atoms with Gasteiger partial charge in [0.2, 0.25) is 11.1 Å². The quantitative estimate of drug-likeness (QED) is 0.710. The van der Waals surface area contributed by atoms with Crippen molar-refractivity contribution in [2.45, 2.75) is 5.16 Å². The third-order valence-corrected chi connectivity index (χ3v) is 4.57. The van der Waals surface area contributed by atoms with Gasteiger partial charge in [0.05, 0.1) is 11.4 Å². The highest BCUT2D eigenvalue weighted by molar-refractivity contribution is 7.99. The van der Waals surface area contributed by atoms with Crippen LogP contribution in [0.2, 0.25) is 0 Å². The zero-order chi connectivity index (χ0) is 16.2. The van der Waals surface area contributed by atoms with Crippen LogP contribution in [0.5, 0.6) is 0 Å². The summed E-state index contributed by atoms with van der Waals surface area (Å²) in [5.41, 5.74) is 1.48. The van der Waals surface area contributed by atoms with Gasteiger partial charge in [0.15, 0.2) is 5.13 Å². The van der Waals surface area contributed by atoms with Crippen LogP contribution in [0.15, 0.2) is 34.8 Å². The Bertz CT molecular complexity index is 816. The molecule has 0 spiro atoms. The zero-order valence-electron chi connectivity index (χ0n) is 11.9. The number of benzene rings is 1. The van der Waals surface area contributed by atoms with Gasteiger partial charge in [0.1, 0.15) is 5.82 Å². The number of thioether (sulfide) groups is 1. The van der Waals surface area contributed by atoms with Gasteiger partial charge >= 0.3 is 0 Å². The lowest BCUT2D eigenvalue weighted by Gasteiger charge is -2.00. The lowest BCUT2D eigenvalue weighted by atomic mass is 10.2. The third kappa shape index (κ3) is 3.90. The molecule has 1 aromatic carbocycles. The molecule has 3 aromatic rings. The molecule has 10 heteroatoms. The maximum Gasteiger partial charge on any atom is 0.236 e. The highest BCUT2D eigenvalue weighted by Gasteiger charge is 2.11. The molecular formula is C13H11FN6OS2. The van der Waals surface area contributed by atoms with Crippen LogP contribution in [0.4, 0.5) is 9.52 Å². The smallest absolute Gasteiger partial charge is 0.236 e. The third-order valence-electron chi connectivity index (χ3n) is 2.80. The molecule has 0 aliphatic heterocycles. The molecule has 0 bridgehead atoms. The van der Waals surface area contributed by atoms with Crippen molar-refractivity contribution >= 4 is 34.1 Å². The van der Waals surface area contributed by atoms with Gasteiger partial charge in [0.25, 0.3) is 0 Å². The first kappa shape index (κ1) is 15.6. The lowest BCUT2D eigenvalue weighted by molar-refractivity contribution is -0.113. The van der Waals surface area contributed by atoms with Crippen LogP contribution < -0.4 is 5.32 Å². The normalized spacial score (nSPS) is 10.7. The number of hydrogen-bond acceptors (Lipinski definition) is 7. The van der Waals surface area contributed by atoms with Crippen molar-refractivity contribution < 1.29 is 9.18 Å². The molecule has 2 aromatic heterocycles. The molecule has 1 amide bonds. The minimum Gasteiger partial charge on any atom is -0.301 e. The summed E-state index contributed by atoms with van der Waals surface area (Å²) in [4.78, 5) is 16.2. The summed E-state index contributed by atoms with van der Waals surface area (Å²) in [6, 6.07) is 6.04. The summed E-state index contributed by atoms with van der Waals surface area (Å²) in [5, 5.41) is 16.6. The Balaban J connectivity index is 1.59. The van der Waals surface area contributed by atoms with E-state index in [0.29, 0.717) is 16.0 Å². The van der Waals surface area contributed by atoms with E-state index in [1.165, 1.54) is 39.9 Å². The Morgan fingerprint density at radius 2 is 2.17 bits per heavy atom. The summed E-state index contributed by atoms with van der Waals surface area (Å²) in [7, 11) is 1.70. The molecular weight excluding hydrogens is 339 g/mol. The number of carbonyl (C=O) groups excluding carboxylic acids is 1. The van der Waals surface area contributed by atoms with Gasteiger partial charge in [0, 0.05) is 18.0 Å². The molecule has 0 unspecified atom stereocenters. The predicted molar refractivity (Wildman–Crippen MR) is 85.7 cm³/mol. The number of aryl methyl sites for hydroxylation is 1. The van der Waals surface area contributed by atoms with Crippen LogP contribution in [0.25, 0.3) is 11.3 Å². The van der Waals surface area contributed by atoms with Crippen molar-refractivity contribution in [2.24, 2.45) is 7.05 Å². The fraction of sp³-hybridized carbons (Fsp3) is 0.154. The number of hydrogen-bond donors (Lipinski definition) is 1. The second kappa shape index (κ2) is 6.84. The fourth-order valence-electron chi connectivity index (χ4n) is 1.71. The monoisotopic (exact) mass is 350 g/mol. The van der Waals surface area contributed by atoms with Crippen LogP contribution >= 0.6 is 23.1 Å². The van der Waals surface area contributed by atoms with Gasteiger partial charge in [-0.05, 0) is 34.7 Å². The number of halogens is 1. The average molecular weight is 350 g/mol. The van der Waals surface area contributed by atoms with Crippen molar-refractivity contribution in [3.8, 4) is 11.3 Å². The van der Waals surface area contributed by atoms with E-state index in [1.54, 1.807) is 19.2 Å². The number of carbonyl (C=O) groups is 1. The SMILES string of the molecule is Cn1nnnc1SCC(=O)Nc1nc(-c2ccc(F)cc2)cs1. The molecule has 118 valence electrons. The lowest BCUT2D eigenvalue weighted by Crippen LogP contribution is -2.14. The van der Waals surface area contributed by atoms with E-state index in [9.17, 15) is 9.18 Å². The largest absolute Gasteiger partial charge is 0.301 e. The number of tetrazole rings is 1. The van der Waals surface area contributed by atoms with Crippen LogP contribution in [-0.4, -0.2) is 36.9 Å². The number of aromatic nitrogens is 5. The van der Waals surface area contributed by atoms with E-state index in [0.717, 1.165) is 5.56 Å². The second-order valence-electron chi connectivity index (χ2n) is 4.47. The van der Waals surface area contributed by atoms with E-state index in [-0.39, 0.29) is 17.5 Å². The van der Waals surface area contributed by atoms with Crippen molar-refractivity contribution in [3.05, 3.63) is 35.5 Å². The molecule has 0 aliphatic carbocycles. The topological polar surface area (TPSA) is 85.6 Å². The van der Waals surface area contributed by atoms with E-state index in [2.05, 4.69) is 25.8 Å². The van der Waals surface area contributed by atoms with Crippen LogP contribution in [0.1, 0.15) is 0 Å². The zero-order valence-corrected chi connectivity index (χ0v) is 13.6. The van der Waals surface area contributed by atoms with Gasteiger partial charge < -0.3 is 5.32 Å². The average Bonchev–Trinajstić information content (AvgIpc) is 3.15. The highest BCUT2D eigenvalue weighted by atomic mass is 32.2. The number of thiazole rings is 1.